The lowest BCUT2D eigenvalue weighted by Crippen LogP contribution is -2.12. The molecule has 1 saturated heterocycles. The maximum Gasteiger partial charge on any atom is 0.278 e. The first kappa shape index (κ1) is 13.4. The van der Waals surface area contributed by atoms with E-state index in [1.165, 1.54) is 11.3 Å². The number of hydrogen-bond acceptors (Lipinski definition) is 6. The van der Waals surface area contributed by atoms with Crippen molar-refractivity contribution in [3.8, 4) is 0 Å². The Balaban J connectivity index is 1.54. The summed E-state index contributed by atoms with van der Waals surface area (Å²) in [6, 6.07) is 7.49. The highest BCUT2D eigenvalue weighted by atomic mass is 32.1. The van der Waals surface area contributed by atoms with Crippen LogP contribution in [-0.4, -0.2) is 32.9 Å². The average Bonchev–Trinajstić information content (AvgIpc) is 3.27. The number of benzene rings is 1. The van der Waals surface area contributed by atoms with Gasteiger partial charge < -0.3 is 4.74 Å². The van der Waals surface area contributed by atoms with Gasteiger partial charge in [-0.05, 0) is 18.9 Å². The Bertz CT molecular complexity index is 821. The molecule has 3 heterocycles. The number of hydrogen-bond donors (Lipinski definition) is 2. The van der Waals surface area contributed by atoms with Crippen LogP contribution in [0.2, 0.25) is 0 Å². The van der Waals surface area contributed by atoms with Crippen molar-refractivity contribution in [1.29, 1.82) is 0 Å². The van der Waals surface area contributed by atoms with E-state index in [9.17, 15) is 4.79 Å². The van der Waals surface area contributed by atoms with Crippen molar-refractivity contribution in [1.82, 2.24) is 20.4 Å². The number of aromatic nitrogens is 4. The first-order valence-electron chi connectivity index (χ1n) is 7.01. The Morgan fingerprint density at radius 2 is 2.27 bits per heavy atom. The summed E-state index contributed by atoms with van der Waals surface area (Å²) in [5, 5.41) is 19.8. The Morgan fingerprint density at radius 1 is 1.36 bits per heavy atom. The fourth-order valence-electron chi connectivity index (χ4n) is 2.48. The minimum atomic E-state index is -0.299. The molecule has 1 aliphatic rings. The summed E-state index contributed by atoms with van der Waals surface area (Å²) in [5.41, 5.74) is 1.18. The molecule has 1 amide bonds. The topological polar surface area (TPSA) is 92.8 Å². The molecular weight excluding hydrogens is 302 g/mol. The van der Waals surface area contributed by atoms with Gasteiger partial charge in [-0.2, -0.15) is 5.10 Å². The first-order chi connectivity index (χ1) is 10.8. The Labute approximate surface area is 129 Å². The third-order valence-corrected chi connectivity index (χ3v) is 4.48. The predicted octanol–water partition coefficient (Wildman–Crippen LogP) is 2.52. The van der Waals surface area contributed by atoms with Crippen LogP contribution in [0.1, 0.15) is 34.4 Å². The molecule has 0 saturated carbocycles. The second kappa shape index (κ2) is 5.47. The molecule has 1 fully saturated rings. The smallest absolute Gasteiger partial charge is 0.278 e. The largest absolute Gasteiger partial charge is 0.371 e. The van der Waals surface area contributed by atoms with E-state index in [-0.39, 0.29) is 12.0 Å². The van der Waals surface area contributed by atoms with Crippen molar-refractivity contribution in [2.24, 2.45) is 0 Å². The van der Waals surface area contributed by atoms with E-state index in [0.717, 1.165) is 35.4 Å². The van der Waals surface area contributed by atoms with Gasteiger partial charge in [-0.3, -0.25) is 15.2 Å². The standard InChI is InChI=1S/C14H13N5O2S/c20-12(11-8-4-1-2-5-9(8)16-17-11)15-14-19-18-13(22-14)10-6-3-7-21-10/h1-2,4-5,10H,3,6-7H2,(H,16,17)(H,15,19,20). The minimum Gasteiger partial charge on any atom is -0.371 e. The summed E-state index contributed by atoms with van der Waals surface area (Å²) in [5.74, 6) is -0.299. The quantitative estimate of drug-likeness (QED) is 0.774. The SMILES string of the molecule is O=C(Nc1nnc(C2CCCO2)s1)c1n[nH]c2ccccc12. The molecule has 22 heavy (non-hydrogen) atoms. The molecule has 1 aliphatic heterocycles. The number of carbonyl (C=O) groups is 1. The van der Waals surface area contributed by atoms with E-state index >= 15 is 0 Å². The third kappa shape index (κ3) is 2.36. The van der Waals surface area contributed by atoms with Gasteiger partial charge in [0.15, 0.2) is 5.69 Å². The second-order valence-corrected chi connectivity index (χ2v) is 6.03. The average molecular weight is 315 g/mol. The lowest BCUT2D eigenvalue weighted by Gasteiger charge is -2.02. The number of fused-ring (bicyclic) bond motifs is 1. The monoisotopic (exact) mass is 315 g/mol. The molecule has 2 N–H and O–H groups in total. The van der Waals surface area contributed by atoms with E-state index in [2.05, 4.69) is 25.7 Å². The van der Waals surface area contributed by atoms with Gasteiger partial charge in [-0.1, -0.05) is 29.5 Å². The van der Waals surface area contributed by atoms with E-state index in [4.69, 9.17) is 4.74 Å². The van der Waals surface area contributed by atoms with Crippen LogP contribution in [0.4, 0.5) is 5.13 Å². The summed E-state index contributed by atoms with van der Waals surface area (Å²) < 4.78 is 5.57. The molecule has 3 aromatic rings. The molecule has 1 aromatic carbocycles. The van der Waals surface area contributed by atoms with Crippen molar-refractivity contribution in [3.63, 3.8) is 0 Å². The van der Waals surface area contributed by atoms with Gasteiger partial charge in [0, 0.05) is 12.0 Å². The zero-order valence-electron chi connectivity index (χ0n) is 11.6. The van der Waals surface area contributed by atoms with Gasteiger partial charge in [0.2, 0.25) is 5.13 Å². The fraction of sp³-hybridized carbons (Fsp3) is 0.286. The molecule has 1 atom stereocenters. The lowest BCUT2D eigenvalue weighted by atomic mass is 10.2. The molecule has 0 radical (unpaired) electrons. The zero-order valence-corrected chi connectivity index (χ0v) is 12.4. The highest BCUT2D eigenvalue weighted by molar-refractivity contribution is 7.15. The second-order valence-electron chi connectivity index (χ2n) is 5.02. The molecule has 0 spiro atoms. The van der Waals surface area contributed by atoms with E-state index in [1.807, 2.05) is 24.3 Å². The van der Waals surface area contributed by atoms with Crippen molar-refractivity contribution in [2.75, 3.05) is 11.9 Å². The maximum absolute atomic E-state index is 12.3. The molecule has 7 nitrogen and oxygen atoms in total. The molecular formula is C14H13N5O2S. The van der Waals surface area contributed by atoms with Crippen LogP contribution in [0.3, 0.4) is 0 Å². The number of anilines is 1. The molecule has 2 aromatic heterocycles. The van der Waals surface area contributed by atoms with Crippen LogP contribution in [0.15, 0.2) is 24.3 Å². The van der Waals surface area contributed by atoms with E-state index < -0.39 is 0 Å². The van der Waals surface area contributed by atoms with Gasteiger partial charge >= 0.3 is 0 Å². The Hall–Kier alpha value is -2.32. The van der Waals surface area contributed by atoms with Crippen molar-refractivity contribution < 1.29 is 9.53 Å². The van der Waals surface area contributed by atoms with Crippen LogP contribution in [0.5, 0.6) is 0 Å². The van der Waals surface area contributed by atoms with Crippen LogP contribution >= 0.6 is 11.3 Å². The number of amides is 1. The molecule has 1 unspecified atom stereocenters. The van der Waals surface area contributed by atoms with Crippen LogP contribution < -0.4 is 5.32 Å². The number of rotatable bonds is 3. The van der Waals surface area contributed by atoms with Gasteiger partial charge in [0.1, 0.15) is 11.1 Å². The van der Waals surface area contributed by atoms with Crippen molar-refractivity contribution in [3.05, 3.63) is 35.0 Å². The molecule has 0 aliphatic carbocycles. The van der Waals surface area contributed by atoms with Gasteiger partial charge in [-0.25, -0.2) is 0 Å². The van der Waals surface area contributed by atoms with Gasteiger partial charge in [-0.15, -0.1) is 10.2 Å². The summed E-state index contributed by atoms with van der Waals surface area (Å²) in [6.07, 6.45) is 1.99. The molecule has 0 bridgehead atoms. The van der Waals surface area contributed by atoms with Crippen molar-refractivity contribution in [2.45, 2.75) is 18.9 Å². The number of H-pyrrole nitrogens is 1. The molecule has 8 heteroatoms. The van der Waals surface area contributed by atoms with Crippen LogP contribution in [0, 0.1) is 0 Å². The van der Waals surface area contributed by atoms with E-state index in [0.29, 0.717) is 10.8 Å². The van der Waals surface area contributed by atoms with E-state index in [1.54, 1.807) is 0 Å². The number of carbonyl (C=O) groups excluding carboxylic acids is 1. The van der Waals surface area contributed by atoms with Gasteiger partial charge in [0.05, 0.1) is 5.52 Å². The maximum atomic E-state index is 12.3. The van der Waals surface area contributed by atoms with Crippen LogP contribution in [0.25, 0.3) is 10.9 Å². The highest BCUT2D eigenvalue weighted by Gasteiger charge is 2.23. The highest BCUT2D eigenvalue weighted by Crippen LogP contribution is 2.32. The summed E-state index contributed by atoms with van der Waals surface area (Å²) >= 11 is 1.34. The predicted molar refractivity (Wildman–Crippen MR) is 81.9 cm³/mol. The summed E-state index contributed by atoms with van der Waals surface area (Å²) in [4.78, 5) is 12.3. The number of nitrogens with one attached hydrogen (secondary N) is 2. The third-order valence-electron chi connectivity index (χ3n) is 3.55. The fourth-order valence-corrected chi connectivity index (χ4v) is 3.30. The first-order valence-corrected chi connectivity index (χ1v) is 7.82. The molecule has 112 valence electrons. The van der Waals surface area contributed by atoms with Crippen molar-refractivity contribution >= 4 is 33.3 Å². The van der Waals surface area contributed by atoms with Crippen LogP contribution in [-0.2, 0) is 4.74 Å². The Morgan fingerprint density at radius 3 is 3.14 bits per heavy atom. The number of nitrogens with zero attached hydrogens (tertiary/aromatic N) is 3. The molecule has 4 rings (SSSR count). The number of ether oxygens (including phenoxy) is 1. The summed E-state index contributed by atoms with van der Waals surface area (Å²) in [6.45, 7) is 0.755. The number of aromatic amines is 1. The Kier molecular flexibility index (Phi) is 3.32. The summed E-state index contributed by atoms with van der Waals surface area (Å²) in [7, 11) is 0. The van der Waals surface area contributed by atoms with Gasteiger partial charge in [0.25, 0.3) is 5.91 Å². The zero-order chi connectivity index (χ0) is 14.9. The number of para-hydroxylation sites is 1. The normalized spacial score (nSPS) is 17.9. The lowest BCUT2D eigenvalue weighted by molar-refractivity contribution is 0.102. The minimum absolute atomic E-state index is 0.00867.